The van der Waals surface area contributed by atoms with Crippen LogP contribution < -0.4 is 5.32 Å². The van der Waals surface area contributed by atoms with E-state index in [4.69, 9.17) is 4.74 Å². The van der Waals surface area contributed by atoms with Crippen LogP contribution in [0.1, 0.15) is 48.0 Å². The lowest BCUT2D eigenvalue weighted by Crippen LogP contribution is -2.46. The maximum Gasteiger partial charge on any atom is 0.217 e. The van der Waals surface area contributed by atoms with E-state index in [1.807, 2.05) is 0 Å². The minimum Gasteiger partial charge on any atom is -0.369 e. The molecule has 0 saturated carbocycles. The number of hydrogen-bond acceptors (Lipinski definition) is 2. The van der Waals surface area contributed by atoms with E-state index in [9.17, 15) is 4.79 Å². The second-order valence-electron chi connectivity index (χ2n) is 5.99. The molecule has 1 saturated heterocycles. The topological polar surface area (TPSA) is 41.6 Å². The van der Waals surface area contributed by atoms with Crippen LogP contribution in [0.25, 0.3) is 0 Å². The van der Waals surface area contributed by atoms with E-state index in [0.717, 1.165) is 6.42 Å². The van der Waals surface area contributed by atoms with Crippen molar-refractivity contribution in [1.29, 1.82) is 0 Å². The third-order valence-corrected chi connectivity index (χ3v) is 2.89. The van der Waals surface area contributed by atoms with Crippen LogP contribution in [0, 0.1) is 5.41 Å². The van der Waals surface area contributed by atoms with Gasteiger partial charge >= 0.3 is 0 Å². The number of ether oxygens (including phenoxy) is 1. The quantitative estimate of drug-likeness (QED) is 0.727. The van der Waals surface area contributed by atoms with Crippen molar-refractivity contribution in [3.05, 3.63) is 0 Å². The molecule has 1 aliphatic rings. The fourth-order valence-corrected chi connectivity index (χ4v) is 2.77. The van der Waals surface area contributed by atoms with E-state index < -0.39 is 0 Å². The molecule has 0 aromatic carbocycles. The monoisotopic (exact) mass is 213 g/mol. The molecule has 1 N–H and O–H groups in total. The summed E-state index contributed by atoms with van der Waals surface area (Å²) in [4.78, 5) is 11.1. The number of hydrogen-bond donors (Lipinski definition) is 1. The summed E-state index contributed by atoms with van der Waals surface area (Å²) in [7, 11) is 0. The molecular weight excluding hydrogens is 190 g/mol. The Balaban J connectivity index is 2.55. The molecule has 0 bridgehead atoms. The van der Waals surface area contributed by atoms with Gasteiger partial charge in [0, 0.05) is 12.5 Å². The molecule has 0 aromatic heterocycles. The summed E-state index contributed by atoms with van der Waals surface area (Å²) in [6.45, 7) is 12.2. The Morgan fingerprint density at radius 3 is 2.13 bits per heavy atom. The van der Waals surface area contributed by atoms with Crippen molar-refractivity contribution in [1.82, 2.24) is 5.32 Å². The van der Waals surface area contributed by atoms with Gasteiger partial charge in [0.1, 0.15) is 0 Å². The predicted molar refractivity (Wildman–Crippen MR) is 60.6 cm³/mol. The molecule has 0 aromatic rings. The van der Waals surface area contributed by atoms with Gasteiger partial charge in [-0.1, -0.05) is 13.8 Å². The largest absolute Gasteiger partial charge is 0.369 e. The van der Waals surface area contributed by atoms with Crippen LogP contribution in [0.15, 0.2) is 0 Å². The molecule has 2 atom stereocenters. The SMILES string of the molecule is CC(=O)NC(C)(C)CC(C)(C)C1OC1C. The molecule has 3 nitrogen and oxygen atoms in total. The molecule has 1 heterocycles. The smallest absolute Gasteiger partial charge is 0.217 e. The second-order valence-corrected chi connectivity index (χ2v) is 5.99. The van der Waals surface area contributed by atoms with Crippen LogP contribution in [0.2, 0.25) is 0 Å². The lowest BCUT2D eigenvalue weighted by molar-refractivity contribution is -0.120. The van der Waals surface area contributed by atoms with Crippen LogP contribution >= 0.6 is 0 Å². The van der Waals surface area contributed by atoms with Crippen LogP contribution in [0.4, 0.5) is 0 Å². The molecule has 1 amide bonds. The molecule has 0 spiro atoms. The van der Waals surface area contributed by atoms with E-state index in [0.29, 0.717) is 12.2 Å². The summed E-state index contributed by atoms with van der Waals surface area (Å²) in [6.07, 6.45) is 1.63. The first-order valence-corrected chi connectivity index (χ1v) is 5.58. The zero-order valence-electron chi connectivity index (χ0n) is 10.7. The number of epoxide rings is 1. The summed E-state index contributed by atoms with van der Waals surface area (Å²) < 4.78 is 5.52. The molecule has 1 rings (SSSR count). The van der Waals surface area contributed by atoms with Crippen molar-refractivity contribution >= 4 is 5.91 Å². The van der Waals surface area contributed by atoms with E-state index in [1.54, 1.807) is 6.92 Å². The Morgan fingerprint density at radius 1 is 1.33 bits per heavy atom. The fraction of sp³-hybridized carbons (Fsp3) is 0.917. The number of amides is 1. The molecule has 2 unspecified atom stereocenters. The molecule has 15 heavy (non-hydrogen) atoms. The van der Waals surface area contributed by atoms with Gasteiger partial charge in [-0.25, -0.2) is 0 Å². The lowest BCUT2D eigenvalue weighted by atomic mass is 9.77. The van der Waals surface area contributed by atoms with Crippen molar-refractivity contribution < 1.29 is 9.53 Å². The van der Waals surface area contributed by atoms with Gasteiger partial charge in [-0.3, -0.25) is 4.79 Å². The van der Waals surface area contributed by atoms with Gasteiger partial charge in [0.05, 0.1) is 12.2 Å². The maximum atomic E-state index is 11.1. The highest BCUT2D eigenvalue weighted by molar-refractivity contribution is 5.73. The fourth-order valence-electron chi connectivity index (χ4n) is 2.77. The Kier molecular flexibility index (Phi) is 3.15. The van der Waals surface area contributed by atoms with Crippen LogP contribution in [0.3, 0.4) is 0 Å². The summed E-state index contributed by atoms with van der Waals surface area (Å²) in [5.74, 6) is 0.0283. The van der Waals surface area contributed by atoms with Gasteiger partial charge in [-0.05, 0) is 32.6 Å². The lowest BCUT2D eigenvalue weighted by Gasteiger charge is -2.34. The van der Waals surface area contributed by atoms with Crippen LogP contribution in [-0.2, 0) is 9.53 Å². The Bertz CT molecular complexity index is 258. The van der Waals surface area contributed by atoms with Crippen molar-refractivity contribution in [2.75, 3.05) is 0 Å². The number of nitrogens with one attached hydrogen (secondary N) is 1. The molecule has 0 aliphatic carbocycles. The highest BCUT2D eigenvalue weighted by Crippen LogP contribution is 2.43. The summed E-state index contributed by atoms with van der Waals surface area (Å²) >= 11 is 0. The normalized spacial score (nSPS) is 26.3. The van der Waals surface area contributed by atoms with E-state index in [2.05, 4.69) is 39.9 Å². The van der Waals surface area contributed by atoms with Crippen molar-refractivity contribution in [3.8, 4) is 0 Å². The highest BCUT2D eigenvalue weighted by atomic mass is 16.6. The molecule has 1 fully saturated rings. The average Bonchev–Trinajstić information content (AvgIpc) is 2.60. The Hall–Kier alpha value is -0.570. The first-order valence-electron chi connectivity index (χ1n) is 5.58. The van der Waals surface area contributed by atoms with Gasteiger partial charge in [0.15, 0.2) is 0 Å². The van der Waals surface area contributed by atoms with E-state index in [1.165, 1.54) is 0 Å². The molecular formula is C12H23NO2. The van der Waals surface area contributed by atoms with Gasteiger partial charge in [0.25, 0.3) is 0 Å². The first kappa shape index (κ1) is 12.5. The minimum atomic E-state index is -0.166. The second kappa shape index (κ2) is 3.78. The summed E-state index contributed by atoms with van der Waals surface area (Å²) in [6, 6.07) is 0. The predicted octanol–water partition coefficient (Wildman–Crippen LogP) is 2.10. The van der Waals surface area contributed by atoms with Gasteiger partial charge in [0.2, 0.25) is 5.91 Å². The number of carbonyl (C=O) groups excluding carboxylic acids is 1. The van der Waals surface area contributed by atoms with Crippen LogP contribution in [-0.4, -0.2) is 23.7 Å². The molecule has 0 radical (unpaired) electrons. The zero-order chi connectivity index (χ0) is 11.9. The van der Waals surface area contributed by atoms with Crippen molar-refractivity contribution in [2.45, 2.75) is 65.7 Å². The van der Waals surface area contributed by atoms with Crippen molar-refractivity contribution in [3.63, 3.8) is 0 Å². The van der Waals surface area contributed by atoms with Crippen molar-refractivity contribution in [2.24, 2.45) is 5.41 Å². The van der Waals surface area contributed by atoms with Gasteiger partial charge in [-0.15, -0.1) is 0 Å². The van der Waals surface area contributed by atoms with Gasteiger partial charge in [-0.2, -0.15) is 0 Å². The standard InChI is InChI=1S/C12H23NO2/c1-8-10(15-8)11(3,4)7-12(5,6)13-9(2)14/h8,10H,7H2,1-6H3,(H,13,14). The zero-order valence-corrected chi connectivity index (χ0v) is 10.7. The van der Waals surface area contributed by atoms with E-state index in [-0.39, 0.29) is 16.9 Å². The van der Waals surface area contributed by atoms with E-state index >= 15 is 0 Å². The average molecular weight is 213 g/mol. The Morgan fingerprint density at radius 2 is 1.80 bits per heavy atom. The molecule has 88 valence electrons. The first-order chi connectivity index (χ1) is 6.64. The number of carbonyl (C=O) groups is 1. The third-order valence-electron chi connectivity index (χ3n) is 2.89. The van der Waals surface area contributed by atoms with Crippen LogP contribution in [0.5, 0.6) is 0 Å². The highest BCUT2D eigenvalue weighted by Gasteiger charge is 2.48. The summed E-state index contributed by atoms with van der Waals surface area (Å²) in [5.41, 5.74) is -0.0492. The third kappa shape index (κ3) is 3.49. The minimum absolute atomic E-state index is 0.0283. The maximum absolute atomic E-state index is 11.1. The molecule has 3 heteroatoms. The number of rotatable bonds is 4. The molecule has 1 aliphatic heterocycles. The summed E-state index contributed by atoms with van der Waals surface area (Å²) in [5, 5.41) is 2.98. The Labute approximate surface area is 92.6 Å². The van der Waals surface area contributed by atoms with Gasteiger partial charge < -0.3 is 10.1 Å².